The lowest BCUT2D eigenvalue weighted by Crippen LogP contribution is -2.10. The lowest BCUT2D eigenvalue weighted by atomic mass is 9.94. The number of alkyl halides is 1. The average molecular weight is 386 g/mol. The summed E-state index contributed by atoms with van der Waals surface area (Å²) in [6.45, 7) is 0. The first kappa shape index (κ1) is 14.7. The minimum atomic E-state index is -0.189. The summed E-state index contributed by atoms with van der Waals surface area (Å²) in [7, 11) is 0. The van der Waals surface area contributed by atoms with Gasteiger partial charge in [-0.3, -0.25) is 0 Å². The molecule has 1 unspecified atom stereocenters. The molecule has 0 aliphatic heterocycles. The number of benzene rings is 2. The molecule has 0 aliphatic carbocycles. The molecule has 0 bridgehead atoms. The predicted octanol–water partition coefficient (Wildman–Crippen LogP) is 5.38. The summed E-state index contributed by atoms with van der Waals surface area (Å²) < 4.78 is 14.1. The summed E-state index contributed by atoms with van der Waals surface area (Å²) in [4.78, 5) is 0. The maximum atomic E-state index is 13.5. The molecular weight excluding hydrogens is 371 g/mol. The molecule has 2 rings (SSSR count). The standard InChI is InChI=1S/C16H15Br2F/c17-11-13(9-12-5-2-1-3-6-12)10-14-7-4-8-15(19)16(14)18/h1-8,13H,9-11H2. The Kier molecular flexibility index (Phi) is 5.59. The molecule has 0 aliphatic rings. The van der Waals surface area contributed by atoms with E-state index in [0.29, 0.717) is 10.4 Å². The fourth-order valence-electron chi connectivity index (χ4n) is 2.15. The van der Waals surface area contributed by atoms with Gasteiger partial charge < -0.3 is 0 Å². The molecule has 0 fully saturated rings. The highest BCUT2D eigenvalue weighted by molar-refractivity contribution is 9.10. The molecule has 1 atom stereocenters. The van der Waals surface area contributed by atoms with Crippen molar-refractivity contribution >= 4 is 31.9 Å². The minimum Gasteiger partial charge on any atom is -0.206 e. The summed E-state index contributed by atoms with van der Waals surface area (Å²) in [6, 6.07) is 15.6. The predicted molar refractivity (Wildman–Crippen MR) is 85.2 cm³/mol. The van der Waals surface area contributed by atoms with Gasteiger partial charge in [0, 0.05) is 5.33 Å². The Hall–Kier alpha value is -0.670. The van der Waals surface area contributed by atoms with Crippen LogP contribution in [0.4, 0.5) is 4.39 Å². The summed E-state index contributed by atoms with van der Waals surface area (Å²) in [5.74, 6) is 0.269. The fourth-order valence-corrected chi connectivity index (χ4v) is 3.03. The van der Waals surface area contributed by atoms with Crippen molar-refractivity contribution in [3.05, 3.63) is 69.9 Å². The zero-order valence-corrected chi connectivity index (χ0v) is 13.6. The van der Waals surface area contributed by atoms with Crippen LogP contribution in [0.5, 0.6) is 0 Å². The van der Waals surface area contributed by atoms with Crippen LogP contribution in [0.25, 0.3) is 0 Å². The van der Waals surface area contributed by atoms with Crippen molar-refractivity contribution in [2.45, 2.75) is 12.8 Å². The Balaban J connectivity index is 2.09. The summed E-state index contributed by atoms with van der Waals surface area (Å²) >= 11 is 6.90. The van der Waals surface area contributed by atoms with E-state index in [1.165, 1.54) is 11.6 Å². The quantitative estimate of drug-likeness (QED) is 0.605. The van der Waals surface area contributed by atoms with Crippen molar-refractivity contribution in [2.75, 3.05) is 5.33 Å². The van der Waals surface area contributed by atoms with Crippen LogP contribution in [0.3, 0.4) is 0 Å². The SMILES string of the molecule is Fc1cccc(CC(CBr)Cc2ccccc2)c1Br. The van der Waals surface area contributed by atoms with Crippen molar-refractivity contribution in [3.63, 3.8) is 0 Å². The lowest BCUT2D eigenvalue weighted by Gasteiger charge is -2.15. The van der Waals surface area contributed by atoms with Crippen molar-refractivity contribution < 1.29 is 4.39 Å². The van der Waals surface area contributed by atoms with Crippen LogP contribution in [0, 0.1) is 11.7 Å². The van der Waals surface area contributed by atoms with Crippen LogP contribution in [0.2, 0.25) is 0 Å². The Morgan fingerprint density at radius 1 is 0.947 bits per heavy atom. The van der Waals surface area contributed by atoms with E-state index in [-0.39, 0.29) is 5.82 Å². The molecule has 0 radical (unpaired) electrons. The first-order valence-electron chi connectivity index (χ1n) is 6.23. The van der Waals surface area contributed by atoms with Crippen molar-refractivity contribution in [1.29, 1.82) is 0 Å². The normalized spacial score (nSPS) is 12.4. The van der Waals surface area contributed by atoms with Crippen LogP contribution in [0.1, 0.15) is 11.1 Å². The zero-order chi connectivity index (χ0) is 13.7. The molecule has 2 aromatic rings. The minimum absolute atomic E-state index is 0.189. The van der Waals surface area contributed by atoms with E-state index < -0.39 is 0 Å². The van der Waals surface area contributed by atoms with E-state index >= 15 is 0 Å². The molecule has 0 nitrogen and oxygen atoms in total. The van der Waals surface area contributed by atoms with Crippen LogP contribution >= 0.6 is 31.9 Å². The second kappa shape index (κ2) is 7.20. The Labute approximate surface area is 130 Å². The summed E-state index contributed by atoms with van der Waals surface area (Å²) in [5.41, 5.74) is 2.35. The molecule has 2 aromatic carbocycles. The highest BCUT2D eigenvalue weighted by Crippen LogP contribution is 2.25. The van der Waals surface area contributed by atoms with Gasteiger partial charge >= 0.3 is 0 Å². The van der Waals surface area contributed by atoms with Crippen molar-refractivity contribution in [3.8, 4) is 0 Å². The topological polar surface area (TPSA) is 0 Å². The van der Waals surface area contributed by atoms with Gasteiger partial charge in [0.25, 0.3) is 0 Å². The van der Waals surface area contributed by atoms with E-state index in [0.717, 1.165) is 23.7 Å². The first-order valence-corrected chi connectivity index (χ1v) is 8.15. The van der Waals surface area contributed by atoms with Gasteiger partial charge in [0.2, 0.25) is 0 Å². The molecule has 100 valence electrons. The third kappa shape index (κ3) is 4.15. The maximum absolute atomic E-state index is 13.5. The molecule has 0 amide bonds. The second-order valence-corrected chi connectivity index (χ2v) is 6.07. The molecule has 0 N–H and O–H groups in total. The maximum Gasteiger partial charge on any atom is 0.137 e. The van der Waals surface area contributed by atoms with Gasteiger partial charge in [-0.15, -0.1) is 0 Å². The van der Waals surface area contributed by atoms with Gasteiger partial charge in [-0.25, -0.2) is 4.39 Å². The number of hydrogen-bond acceptors (Lipinski definition) is 0. The van der Waals surface area contributed by atoms with Crippen LogP contribution < -0.4 is 0 Å². The molecule has 0 heterocycles. The van der Waals surface area contributed by atoms with Crippen LogP contribution in [-0.2, 0) is 12.8 Å². The Morgan fingerprint density at radius 3 is 2.37 bits per heavy atom. The van der Waals surface area contributed by atoms with Gasteiger partial charge in [-0.05, 0) is 51.9 Å². The summed E-state index contributed by atoms with van der Waals surface area (Å²) in [5, 5.41) is 0.908. The highest BCUT2D eigenvalue weighted by atomic mass is 79.9. The van der Waals surface area contributed by atoms with E-state index in [1.807, 2.05) is 12.1 Å². The number of rotatable bonds is 5. The number of halogens is 3. The molecule has 19 heavy (non-hydrogen) atoms. The number of hydrogen-bond donors (Lipinski definition) is 0. The second-order valence-electron chi connectivity index (χ2n) is 4.63. The van der Waals surface area contributed by atoms with Crippen molar-refractivity contribution in [1.82, 2.24) is 0 Å². The van der Waals surface area contributed by atoms with Gasteiger partial charge in [0.05, 0.1) is 4.47 Å². The molecule has 3 heteroatoms. The highest BCUT2D eigenvalue weighted by Gasteiger charge is 2.13. The van der Waals surface area contributed by atoms with Gasteiger partial charge in [-0.1, -0.05) is 58.4 Å². The van der Waals surface area contributed by atoms with Gasteiger partial charge in [-0.2, -0.15) is 0 Å². The fraction of sp³-hybridized carbons (Fsp3) is 0.250. The van der Waals surface area contributed by atoms with Gasteiger partial charge in [0.15, 0.2) is 0 Å². The van der Waals surface area contributed by atoms with E-state index in [4.69, 9.17) is 0 Å². The van der Waals surface area contributed by atoms with E-state index in [9.17, 15) is 4.39 Å². The van der Waals surface area contributed by atoms with Crippen molar-refractivity contribution in [2.24, 2.45) is 5.92 Å². The third-order valence-corrected chi connectivity index (χ3v) is 4.93. The van der Waals surface area contributed by atoms with Crippen LogP contribution in [-0.4, -0.2) is 5.33 Å². The Morgan fingerprint density at radius 2 is 1.68 bits per heavy atom. The first-order chi connectivity index (χ1) is 9.20. The van der Waals surface area contributed by atoms with E-state index in [1.54, 1.807) is 6.07 Å². The molecule has 0 aromatic heterocycles. The smallest absolute Gasteiger partial charge is 0.137 e. The van der Waals surface area contributed by atoms with Crippen LogP contribution in [0.15, 0.2) is 53.0 Å². The Bertz CT molecular complexity index is 526. The lowest BCUT2D eigenvalue weighted by molar-refractivity contribution is 0.578. The van der Waals surface area contributed by atoms with E-state index in [2.05, 4.69) is 56.1 Å². The van der Waals surface area contributed by atoms with Gasteiger partial charge in [0.1, 0.15) is 5.82 Å². The molecule has 0 saturated heterocycles. The summed E-state index contributed by atoms with van der Waals surface area (Å²) in [6.07, 6.45) is 1.85. The molecule has 0 saturated carbocycles. The molecular formula is C16H15Br2F. The third-order valence-electron chi connectivity index (χ3n) is 3.13. The zero-order valence-electron chi connectivity index (χ0n) is 10.5. The monoisotopic (exact) mass is 384 g/mol. The molecule has 0 spiro atoms. The average Bonchev–Trinajstić information content (AvgIpc) is 2.44. The largest absolute Gasteiger partial charge is 0.206 e.